The molecule has 2 aromatic rings. The van der Waals surface area contributed by atoms with Gasteiger partial charge in [-0.1, -0.05) is 60.7 Å². The van der Waals surface area contributed by atoms with Gasteiger partial charge in [-0.25, -0.2) is 4.79 Å². The Hall–Kier alpha value is -2.62. The fraction of sp³-hybridized carbons (Fsp3) is 0.440. The summed E-state index contributed by atoms with van der Waals surface area (Å²) < 4.78 is 0. The number of carbonyl (C=O) groups excluding carboxylic acids is 2. The SMILES string of the molecule is O=C1NC(c2ccccc2)(c2ccccc2)C(=O)N1C12CC3CC(CC(C3)C1)C2. The molecule has 4 saturated carbocycles. The molecule has 0 radical (unpaired) electrons. The van der Waals surface area contributed by atoms with E-state index in [9.17, 15) is 9.59 Å². The van der Waals surface area contributed by atoms with Crippen molar-refractivity contribution < 1.29 is 9.59 Å². The molecule has 5 aliphatic rings. The highest BCUT2D eigenvalue weighted by atomic mass is 16.2. The minimum Gasteiger partial charge on any atom is -0.315 e. The number of hydrogen-bond acceptors (Lipinski definition) is 2. The normalized spacial score (nSPS) is 34.5. The smallest absolute Gasteiger partial charge is 0.315 e. The van der Waals surface area contributed by atoms with Gasteiger partial charge in [-0.2, -0.15) is 0 Å². The van der Waals surface area contributed by atoms with Crippen molar-refractivity contribution in [3.05, 3.63) is 71.8 Å². The van der Waals surface area contributed by atoms with Crippen LogP contribution in [0.2, 0.25) is 0 Å². The highest BCUT2D eigenvalue weighted by Gasteiger charge is 2.63. The summed E-state index contributed by atoms with van der Waals surface area (Å²) in [4.78, 5) is 29.3. The number of rotatable bonds is 3. The van der Waals surface area contributed by atoms with E-state index in [2.05, 4.69) is 5.32 Å². The lowest BCUT2D eigenvalue weighted by Crippen LogP contribution is -2.62. The number of carbonyl (C=O) groups is 2. The van der Waals surface area contributed by atoms with E-state index in [4.69, 9.17) is 0 Å². The van der Waals surface area contributed by atoms with E-state index < -0.39 is 5.54 Å². The van der Waals surface area contributed by atoms with Crippen LogP contribution in [-0.2, 0) is 10.3 Å². The Kier molecular flexibility index (Phi) is 3.54. The molecule has 4 bridgehead atoms. The van der Waals surface area contributed by atoms with Crippen molar-refractivity contribution in [3.8, 4) is 0 Å². The van der Waals surface area contributed by atoms with Crippen LogP contribution in [-0.4, -0.2) is 22.4 Å². The average molecular weight is 386 g/mol. The molecule has 0 unspecified atom stereocenters. The molecule has 4 aliphatic carbocycles. The van der Waals surface area contributed by atoms with E-state index in [0.29, 0.717) is 17.8 Å². The van der Waals surface area contributed by atoms with Gasteiger partial charge in [-0.05, 0) is 67.4 Å². The van der Waals surface area contributed by atoms with Gasteiger partial charge in [0.25, 0.3) is 5.91 Å². The Labute approximate surface area is 171 Å². The molecule has 1 heterocycles. The van der Waals surface area contributed by atoms with Gasteiger partial charge in [0.2, 0.25) is 0 Å². The quantitative estimate of drug-likeness (QED) is 0.793. The standard InChI is InChI=1S/C25H26N2O2/c28-22-25(20-7-3-1-4-8-20,21-9-5-2-6-10-21)26-23(29)27(22)24-14-17-11-18(15-24)13-19(12-17)16-24/h1-10,17-19H,11-16H2,(H,26,29). The van der Waals surface area contributed by atoms with Crippen molar-refractivity contribution in [3.63, 3.8) is 0 Å². The summed E-state index contributed by atoms with van der Waals surface area (Å²) in [5, 5.41) is 3.16. The predicted molar refractivity (Wildman–Crippen MR) is 110 cm³/mol. The Balaban J connectivity index is 1.49. The number of amides is 3. The van der Waals surface area contributed by atoms with Crippen molar-refractivity contribution in [2.75, 3.05) is 0 Å². The summed E-state index contributed by atoms with van der Waals surface area (Å²) >= 11 is 0. The van der Waals surface area contributed by atoms with Gasteiger partial charge in [0, 0.05) is 0 Å². The van der Waals surface area contributed by atoms with Crippen molar-refractivity contribution >= 4 is 11.9 Å². The Morgan fingerprint density at radius 2 is 1.17 bits per heavy atom. The maximum absolute atomic E-state index is 14.2. The lowest BCUT2D eigenvalue weighted by atomic mass is 9.52. The van der Waals surface area contributed by atoms with Crippen molar-refractivity contribution in [1.29, 1.82) is 0 Å². The first kappa shape index (κ1) is 17.3. The number of nitrogens with one attached hydrogen (secondary N) is 1. The van der Waals surface area contributed by atoms with Crippen LogP contribution < -0.4 is 5.32 Å². The van der Waals surface area contributed by atoms with Crippen LogP contribution >= 0.6 is 0 Å². The summed E-state index contributed by atoms with van der Waals surface area (Å²) in [6, 6.07) is 19.2. The second kappa shape index (κ2) is 5.94. The summed E-state index contributed by atoms with van der Waals surface area (Å²) in [6.07, 6.45) is 6.80. The molecular formula is C25H26N2O2. The molecule has 2 aromatic carbocycles. The number of nitrogens with zero attached hydrogens (tertiary/aromatic N) is 1. The van der Waals surface area contributed by atoms with Crippen molar-refractivity contribution in [1.82, 2.24) is 10.2 Å². The van der Waals surface area contributed by atoms with Crippen LogP contribution in [0.1, 0.15) is 49.7 Å². The molecule has 29 heavy (non-hydrogen) atoms. The first-order valence-corrected chi connectivity index (χ1v) is 10.9. The molecule has 148 valence electrons. The molecule has 4 heteroatoms. The Morgan fingerprint density at radius 1 is 0.724 bits per heavy atom. The molecule has 0 spiro atoms. The second-order valence-corrected chi connectivity index (χ2v) is 9.69. The summed E-state index contributed by atoms with van der Waals surface area (Å²) in [6.45, 7) is 0. The molecule has 1 N–H and O–H groups in total. The first-order chi connectivity index (χ1) is 14.1. The zero-order valence-corrected chi connectivity index (χ0v) is 16.5. The number of benzene rings is 2. The van der Waals surface area contributed by atoms with E-state index in [1.54, 1.807) is 4.90 Å². The third kappa shape index (κ3) is 2.32. The Bertz CT molecular complexity index is 894. The summed E-state index contributed by atoms with van der Waals surface area (Å²) in [5.41, 5.74) is 0.234. The second-order valence-electron chi connectivity index (χ2n) is 9.69. The predicted octanol–water partition coefficient (Wildman–Crippen LogP) is 4.45. The highest BCUT2D eigenvalue weighted by molar-refractivity contribution is 6.10. The fourth-order valence-corrected chi connectivity index (χ4v) is 7.23. The number of imide groups is 1. The molecule has 3 amide bonds. The maximum Gasteiger partial charge on any atom is 0.326 e. The van der Waals surface area contributed by atoms with Gasteiger partial charge in [-0.3, -0.25) is 9.69 Å². The molecule has 1 saturated heterocycles. The lowest BCUT2D eigenvalue weighted by Gasteiger charge is -2.58. The number of urea groups is 1. The largest absolute Gasteiger partial charge is 0.326 e. The fourth-order valence-electron chi connectivity index (χ4n) is 7.23. The third-order valence-electron chi connectivity index (χ3n) is 7.92. The third-order valence-corrected chi connectivity index (χ3v) is 7.92. The monoisotopic (exact) mass is 386 g/mol. The van der Waals surface area contributed by atoms with E-state index in [1.807, 2.05) is 60.7 Å². The Morgan fingerprint density at radius 3 is 1.62 bits per heavy atom. The van der Waals surface area contributed by atoms with Crippen LogP contribution in [0, 0.1) is 17.8 Å². The van der Waals surface area contributed by atoms with E-state index in [0.717, 1.165) is 30.4 Å². The first-order valence-electron chi connectivity index (χ1n) is 10.9. The van der Waals surface area contributed by atoms with E-state index in [1.165, 1.54) is 19.3 Å². The molecule has 0 aromatic heterocycles. The molecule has 4 nitrogen and oxygen atoms in total. The molecule has 0 atom stereocenters. The van der Waals surface area contributed by atoms with Crippen molar-refractivity contribution in [2.45, 2.75) is 49.6 Å². The van der Waals surface area contributed by atoms with Gasteiger partial charge < -0.3 is 5.32 Å². The van der Waals surface area contributed by atoms with E-state index in [-0.39, 0.29) is 17.5 Å². The zero-order chi connectivity index (χ0) is 19.6. The maximum atomic E-state index is 14.2. The zero-order valence-electron chi connectivity index (χ0n) is 16.5. The minimum atomic E-state index is -1.14. The topological polar surface area (TPSA) is 49.4 Å². The van der Waals surface area contributed by atoms with Gasteiger partial charge >= 0.3 is 6.03 Å². The molecule has 1 aliphatic heterocycles. The molecule has 7 rings (SSSR count). The van der Waals surface area contributed by atoms with Gasteiger partial charge in [0.15, 0.2) is 5.54 Å². The number of hydrogen-bond donors (Lipinski definition) is 1. The molecular weight excluding hydrogens is 360 g/mol. The van der Waals surface area contributed by atoms with Crippen LogP contribution in [0.15, 0.2) is 60.7 Å². The van der Waals surface area contributed by atoms with Gasteiger partial charge in [0.1, 0.15) is 0 Å². The average Bonchev–Trinajstić information content (AvgIpc) is 3.00. The van der Waals surface area contributed by atoms with Crippen LogP contribution in [0.5, 0.6) is 0 Å². The van der Waals surface area contributed by atoms with Crippen LogP contribution in [0.25, 0.3) is 0 Å². The van der Waals surface area contributed by atoms with Gasteiger partial charge in [0.05, 0.1) is 5.54 Å². The van der Waals surface area contributed by atoms with Gasteiger partial charge in [-0.15, -0.1) is 0 Å². The highest BCUT2D eigenvalue weighted by Crippen LogP contribution is 2.59. The summed E-state index contributed by atoms with van der Waals surface area (Å²) in [5.74, 6) is 1.92. The van der Waals surface area contributed by atoms with Crippen LogP contribution in [0.3, 0.4) is 0 Å². The van der Waals surface area contributed by atoms with E-state index >= 15 is 0 Å². The molecule has 5 fully saturated rings. The lowest BCUT2D eigenvalue weighted by molar-refractivity contribution is -0.143. The van der Waals surface area contributed by atoms with Crippen molar-refractivity contribution in [2.24, 2.45) is 17.8 Å². The summed E-state index contributed by atoms with van der Waals surface area (Å²) in [7, 11) is 0. The minimum absolute atomic E-state index is 0.0955. The van der Waals surface area contributed by atoms with Crippen LogP contribution in [0.4, 0.5) is 4.79 Å².